The summed E-state index contributed by atoms with van der Waals surface area (Å²) in [6.45, 7) is 0. The Morgan fingerprint density at radius 2 is 1.64 bits per heavy atom. The fourth-order valence-electron chi connectivity index (χ4n) is 2.84. The molecule has 0 saturated heterocycles. The van der Waals surface area contributed by atoms with Crippen LogP contribution in [0.4, 0.5) is 5.82 Å². The third-order valence-electron chi connectivity index (χ3n) is 4.10. The summed E-state index contributed by atoms with van der Waals surface area (Å²) in [7, 11) is 1.65. The Balaban J connectivity index is 1.99. The number of hydrogen-bond acceptors (Lipinski definition) is 5. The Morgan fingerprint density at radius 3 is 2.36 bits per heavy atom. The average Bonchev–Trinajstić information content (AvgIpc) is 2.68. The van der Waals surface area contributed by atoms with Gasteiger partial charge in [-0.1, -0.05) is 42.5 Å². The van der Waals surface area contributed by atoms with Crippen molar-refractivity contribution in [2.24, 2.45) is 0 Å². The number of fused-ring (bicyclic) bond motifs is 1. The molecule has 0 radical (unpaired) electrons. The zero-order valence-corrected chi connectivity index (χ0v) is 13.7. The normalized spacial score (nSPS) is 10.8. The lowest BCUT2D eigenvalue weighted by Gasteiger charge is -2.11. The van der Waals surface area contributed by atoms with Gasteiger partial charge in [-0.05, 0) is 29.3 Å². The van der Waals surface area contributed by atoms with Crippen LogP contribution in [-0.4, -0.2) is 22.1 Å². The Hall–Kier alpha value is -3.47. The van der Waals surface area contributed by atoms with Crippen molar-refractivity contribution in [3.05, 3.63) is 67.0 Å². The summed E-state index contributed by atoms with van der Waals surface area (Å²) in [4.78, 5) is 13.1. The van der Waals surface area contributed by atoms with E-state index in [0.717, 1.165) is 33.5 Å². The van der Waals surface area contributed by atoms with Crippen LogP contribution in [0.5, 0.6) is 5.75 Å². The van der Waals surface area contributed by atoms with E-state index in [9.17, 15) is 0 Å². The van der Waals surface area contributed by atoms with Gasteiger partial charge < -0.3 is 10.5 Å². The van der Waals surface area contributed by atoms with Crippen LogP contribution < -0.4 is 10.5 Å². The van der Waals surface area contributed by atoms with Gasteiger partial charge in [0.1, 0.15) is 17.9 Å². The van der Waals surface area contributed by atoms with Gasteiger partial charge in [-0.3, -0.25) is 0 Å². The molecule has 122 valence electrons. The van der Waals surface area contributed by atoms with Crippen LogP contribution in [0.3, 0.4) is 0 Å². The number of benzene rings is 2. The van der Waals surface area contributed by atoms with Crippen molar-refractivity contribution in [1.82, 2.24) is 15.0 Å². The van der Waals surface area contributed by atoms with Crippen molar-refractivity contribution < 1.29 is 4.74 Å². The molecule has 0 fully saturated rings. The molecule has 4 aromatic rings. The first-order valence-electron chi connectivity index (χ1n) is 7.87. The quantitative estimate of drug-likeness (QED) is 0.616. The zero-order chi connectivity index (χ0) is 17.2. The number of nitrogens with zero attached hydrogens (tertiary/aromatic N) is 3. The molecule has 2 N–H and O–H groups in total. The molecule has 0 aliphatic carbocycles. The summed E-state index contributed by atoms with van der Waals surface area (Å²) in [5.74, 6) is 1.22. The number of nitrogen functional groups attached to an aromatic ring is 1. The highest BCUT2D eigenvalue weighted by Crippen LogP contribution is 2.34. The topological polar surface area (TPSA) is 73.9 Å². The maximum Gasteiger partial charge on any atom is 0.165 e. The third kappa shape index (κ3) is 2.76. The second-order valence-corrected chi connectivity index (χ2v) is 5.61. The van der Waals surface area contributed by atoms with Gasteiger partial charge in [0, 0.05) is 5.56 Å². The van der Waals surface area contributed by atoms with Crippen molar-refractivity contribution in [2.45, 2.75) is 0 Å². The minimum Gasteiger partial charge on any atom is -0.497 e. The van der Waals surface area contributed by atoms with Crippen molar-refractivity contribution >= 4 is 16.9 Å². The first kappa shape index (κ1) is 15.1. The average molecular weight is 328 g/mol. The van der Waals surface area contributed by atoms with Crippen molar-refractivity contribution in [1.29, 1.82) is 0 Å². The van der Waals surface area contributed by atoms with Crippen molar-refractivity contribution in [2.75, 3.05) is 12.8 Å². The number of anilines is 1. The van der Waals surface area contributed by atoms with Gasteiger partial charge in [-0.25, -0.2) is 15.0 Å². The highest BCUT2D eigenvalue weighted by atomic mass is 16.5. The van der Waals surface area contributed by atoms with Crippen LogP contribution in [0.1, 0.15) is 0 Å². The van der Waals surface area contributed by atoms with E-state index in [0.29, 0.717) is 11.5 Å². The molecular weight excluding hydrogens is 312 g/mol. The Labute approximate surface area is 145 Å². The lowest BCUT2D eigenvalue weighted by Crippen LogP contribution is -1.98. The molecule has 5 nitrogen and oxygen atoms in total. The molecule has 4 rings (SSSR count). The number of aromatic nitrogens is 3. The molecule has 5 heteroatoms. The molecule has 0 saturated carbocycles. The van der Waals surface area contributed by atoms with Gasteiger partial charge in [-0.2, -0.15) is 0 Å². The summed E-state index contributed by atoms with van der Waals surface area (Å²) in [6.07, 6.45) is 1.44. The molecule has 0 atom stereocenters. The molecule has 0 unspecified atom stereocenters. The Bertz CT molecular complexity index is 1030. The lowest BCUT2D eigenvalue weighted by atomic mass is 10.00. The Kier molecular flexibility index (Phi) is 3.74. The largest absolute Gasteiger partial charge is 0.497 e. The molecule has 0 aliphatic heterocycles. The fraction of sp³-hybridized carbons (Fsp3) is 0.0500. The maximum absolute atomic E-state index is 6.12. The molecule has 0 bridgehead atoms. The maximum atomic E-state index is 6.12. The zero-order valence-electron chi connectivity index (χ0n) is 13.7. The molecule has 2 aromatic carbocycles. The van der Waals surface area contributed by atoms with E-state index < -0.39 is 0 Å². The van der Waals surface area contributed by atoms with Crippen LogP contribution in [0.25, 0.3) is 33.4 Å². The number of hydrogen-bond donors (Lipinski definition) is 1. The van der Waals surface area contributed by atoms with Crippen LogP contribution >= 0.6 is 0 Å². The van der Waals surface area contributed by atoms with E-state index >= 15 is 0 Å². The van der Waals surface area contributed by atoms with Gasteiger partial charge in [0.05, 0.1) is 18.2 Å². The van der Waals surface area contributed by atoms with Gasteiger partial charge in [0.2, 0.25) is 0 Å². The monoisotopic (exact) mass is 328 g/mol. The smallest absolute Gasteiger partial charge is 0.165 e. The highest BCUT2D eigenvalue weighted by Gasteiger charge is 2.13. The van der Waals surface area contributed by atoms with E-state index in [1.807, 2.05) is 60.7 Å². The summed E-state index contributed by atoms with van der Waals surface area (Å²) < 4.78 is 5.25. The van der Waals surface area contributed by atoms with Crippen LogP contribution in [-0.2, 0) is 0 Å². The molecule has 0 amide bonds. The van der Waals surface area contributed by atoms with E-state index in [4.69, 9.17) is 10.5 Å². The summed E-state index contributed by atoms with van der Waals surface area (Å²) in [5.41, 5.74) is 10.5. The van der Waals surface area contributed by atoms with Gasteiger partial charge in [0.25, 0.3) is 0 Å². The SMILES string of the molecule is COc1ccc(-c2cc(-c3ccccc3)nc3ncnc(N)c23)cc1. The molecule has 25 heavy (non-hydrogen) atoms. The number of nitrogens with two attached hydrogens (primary N) is 1. The fourth-order valence-corrected chi connectivity index (χ4v) is 2.84. The Morgan fingerprint density at radius 1 is 0.880 bits per heavy atom. The predicted octanol–water partition coefficient (Wildman–Crippen LogP) is 3.95. The molecule has 2 aromatic heterocycles. The molecular formula is C20H16N4O. The van der Waals surface area contributed by atoms with Gasteiger partial charge >= 0.3 is 0 Å². The summed E-state index contributed by atoms with van der Waals surface area (Å²) in [6, 6.07) is 19.9. The molecule has 0 aliphatic rings. The van der Waals surface area contributed by atoms with Crippen molar-refractivity contribution in [3.63, 3.8) is 0 Å². The van der Waals surface area contributed by atoms with Crippen LogP contribution in [0, 0.1) is 0 Å². The number of rotatable bonds is 3. The number of pyridine rings is 1. The van der Waals surface area contributed by atoms with Crippen LogP contribution in [0.15, 0.2) is 67.0 Å². The van der Waals surface area contributed by atoms with E-state index in [-0.39, 0.29) is 0 Å². The highest BCUT2D eigenvalue weighted by molar-refractivity contribution is 6.00. The lowest BCUT2D eigenvalue weighted by molar-refractivity contribution is 0.415. The standard InChI is InChI=1S/C20H16N4O/c1-25-15-9-7-13(8-10-15)16-11-17(14-5-3-2-4-6-14)24-20-18(16)19(21)22-12-23-20/h2-12H,1H3,(H2,21,22,23,24). The van der Waals surface area contributed by atoms with E-state index in [2.05, 4.69) is 15.0 Å². The minimum atomic E-state index is 0.419. The van der Waals surface area contributed by atoms with Gasteiger partial charge in [0.15, 0.2) is 5.65 Å². The van der Waals surface area contributed by atoms with Crippen molar-refractivity contribution in [3.8, 4) is 28.1 Å². The third-order valence-corrected chi connectivity index (χ3v) is 4.10. The molecule has 2 heterocycles. The van der Waals surface area contributed by atoms with E-state index in [1.165, 1.54) is 6.33 Å². The number of ether oxygens (including phenoxy) is 1. The van der Waals surface area contributed by atoms with Crippen LogP contribution in [0.2, 0.25) is 0 Å². The summed E-state index contributed by atoms with van der Waals surface area (Å²) in [5, 5.41) is 0.757. The first-order valence-corrected chi connectivity index (χ1v) is 7.87. The first-order chi connectivity index (χ1) is 12.3. The number of methoxy groups -OCH3 is 1. The second kappa shape index (κ2) is 6.20. The second-order valence-electron chi connectivity index (χ2n) is 5.61. The van der Waals surface area contributed by atoms with E-state index in [1.54, 1.807) is 7.11 Å². The molecule has 0 spiro atoms. The summed E-state index contributed by atoms with van der Waals surface area (Å²) >= 11 is 0. The minimum absolute atomic E-state index is 0.419. The predicted molar refractivity (Wildman–Crippen MR) is 99.2 cm³/mol. The van der Waals surface area contributed by atoms with Gasteiger partial charge in [-0.15, -0.1) is 0 Å².